The van der Waals surface area contributed by atoms with E-state index in [4.69, 9.17) is 4.74 Å². The van der Waals surface area contributed by atoms with Gasteiger partial charge in [-0.05, 0) is 59.5 Å². The highest BCUT2D eigenvalue weighted by Crippen LogP contribution is 2.25. The summed E-state index contributed by atoms with van der Waals surface area (Å²) in [4.78, 5) is 12.5. The largest absolute Gasteiger partial charge is 0.497 e. The number of amides is 1. The summed E-state index contributed by atoms with van der Waals surface area (Å²) < 4.78 is 18.6. The van der Waals surface area contributed by atoms with Crippen LogP contribution in [-0.4, -0.2) is 13.0 Å². The van der Waals surface area contributed by atoms with Crippen molar-refractivity contribution in [2.75, 3.05) is 7.11 Å². The molecule has 3 aromatic rings. The van der Waals surface area contributed by atoms with Gasteiger partial charge in [-0.3, -0.25) is 4.79 Å². The summed E-state index contributed by atoms with van der Waals surface area (Å²) in [7, 11) is 1.64. The Balaban J connectivity index is 1.71. The monoisotopic (exact) mass is 351 g/mol. The number of aryl methyl sites for hydroxylation is 1. The van der Waals surface area contributed by atoms with Crippen LogP contribution < -0.4 is 10.1 Å². The van der Waals surface area contributed by atoms with Gasteiger partial charge in [-0.25, -0.2) is 4.39 Å². The lowest BCUT2D eigenvalue weighted by molar-refractivity contribution is -0.122. The molecule has 0 aliphatic carbocycles. The Morgan fingerprint density at radius 1 is 1.08 bits per heavy atom. The summed E-state index contributed by atoms with van der Waals surface area (Å²) in [6, 6.07) is 16.7. The number of halogens is 1. The fourth-order valence-corrected chi connectivity index (χ4v) is 2.95. The predicted molar refractivity (Wildman–Crippen MR) is 102 cm³/mol. The van der Waals surface area contributed by atoms with Crippen LogP contribution in [0.4, 0.5) is 4.39 Å². The molecule has 3 rings (SSSR count). The number of nitrogens with one attached hydrogen (secondary N) is 1. The summed E-state index contributed by atoms with van der Waals surface area (Å²) in [6.07, 6.45) is 0. The zero-order valence-corrected chi connectivity index (χ0v) is 15.2. The first-order valence-electron chi connectivity index (χ1n) is 8.58. The second kappa shape index (κ2) is 7.56. The maximum Gasteiger partial charge on any atom is 0.227 e. The first-order chi connectivity index (χ1) is 12.5. The highest BCUT2D eigenvalue weighted by atomic mass is 19.1. The summed E-state index contributed by atoms with van der Waals surface area (Å²) in [5.74, 6) is 0.245. The van der Waals surface area contributed by atoms with Gasteiger partial charge in [-0.2, -0.15) is 0 Å². The molecule has 1 amide bonds. The first kappa shape index (κ1) is 17.9. The van der Waals surface area contributed by atoms with Crippen molar-refractivity contribution in [3.05, 3.63) is 77.1 Å². The zero-order valence-electron chi connectivity index (χ0n) is 15.2. The lowest BCUT2D eigenvalue weighted by Gasteiger charge is -2.14. The van der Waals surface area contributed by atoms with Crippen LogP contribution in [0.15, 0.2) is 54.6 Å². The predicted octanol–water partition coefficient (Wildman–Crippen LogP) is 4.72. The number of methoxy groups -OCH3 is 1. The zero-order chi connectivity index (χ0) is 18.7. The lowest BCUT2D eigenvalue weighted by atomic mass is 9.97. The molecule has 4 heteroatoms. The summed E-state index contributed by atoms with van der Waals surface area (Å²) in [5, 5.41) is 5.07. The van der Waals surface area contributed by atoms with Gasteiger partial charge >= 0.3 is 0 Å². The molecule has 0 spiro atoms. The van der Waals surface area contributed by atoms with Gasteiger partial charge in [0.1, 0.15) is 11.6 Å². The minimum atomic E-state index is -0.275. The average molecular weight is 351 g/mol. The Morgan fingerprint density at radius 3 is 2.54 bits per heavy atom. The van der Waals surface area contributed by atoms with Gasteiger partial charge in [0.25, 0.3) is 0 Å². The molecular weight excluding hydrogens is 329 g/mol. The van der Waals surface area contributed by atoms with E-state index in [-0.39, 0.29) is 17.6 Å². The van der Waals surface area contributed by atoms with Gasteiger partial charge in [0.15, 0.2) is 0 Å². The molecule has 0 aliphatic rings. The van der Waals surface area contributed by atoms with E-state index in [2.05, 4.69) is 5.32 Å². The highest BCUT2D eigenvalue weighted by molar-refractivity contribution is 5.88. The van der Waals surface area contributed by atoms with E-state index >= 15 is 0 Å². The third-order valence-electron chi connectivity index (χ3n) is 4.65. The lowest BCUT2D eigenvalue weighted by Crippen LogP contribution is -2.27. The molecule has 0 bridgehead atoms. The van der Waals surface area contributed by atoms with Crippen LogP contribution in [0.1, 0.15) is 29.5 Å². The Labute approximate surface area is 152 Å². The number of hydrogen-bond donors (Lipinski definition) is 1. The Hall–Kier alpha value is -2.88. The molecular formula is C22H22FNO2. The topological polar surface area (TPSA) is 38.3 Å². The number of carbonyl (C=O) groups excluding carboxylic acids is 1. The van der Waals surface area contributed by atoms with E-state index in [0.29, 0.717) is 12.1 Å². The van der Waals surface area contributed by atoms with Crippen LogP contribution in [0.25, 0.3) is 10.8 Å². The standard InChI is InChI=1S/C22H22FNO2/c1-14-10-16(4-9-21(14)23)13-24-22(25)15(2)17-5-6-19-12-20(26-3)8-7-18(19)11-17/h4-12,15H,13H2,1-3H3,(H,24,25)/t15-/m1/s1. The third kappa shape index (κ3) is 3.85. The van der Waals surface area contributed by atoms with Crippen molar-refractivity contribution >= 4 is 16.7 Å². The molecule has 3 aromatic carbocycles. The molecule has 0 heterocycles. The molecule has 1 N–H and O–H groups in total. The van der Waals surface area contributed by atoms with E-state index in [1.54, 1.807) is 26.2 Å². The van der Waals surface area contributed by atoms with E-state index in [1.165, 1.54) is 6.07 Å². The van der Waals surface area contributed by atoms with Crippen molar-refractivity contribution in [2.24, 2.45) is 0 Å². The van der Waals surface area contributed by atoms with Gasteiger partial charge in [0.05, 0.1) is 13.0 Å². The SMILES string of the molecule is COc1ccc2cc([C@@H](C)C(=O)NCc3ccc(F)c(C)c3)ccc2c1. The van der Waals surface area contributed by atoms with E-state index in [1.807, 2.05) is 43.3 Å². The van der Waals surface area contributed by atoms with Crippen LogP contribution in [0.2, 0.25) is 0 Å². The van der Waals surface area contributed by atoms with E-state index < -0.39 is 0 Å². The van der Waals surface area contributed by atoms with Crippen molar-refractivity contribution in [2.45, 2.75) is 26.3 Å². The van der Waals surface area contributed by atoms with Crippen LogP contribution in [0.3, 0.4) is 0 Å². The van der Waals surface area contributed by atoms with Crippen LogP contribution >= 0.6 is 0 Å². The second-order valence-electron chi connectivity index (χ2n) is 6.50. The van der Waals surface area contributed by atoms with Gasteiger partial charge in [0, 0.05) is 6.54 Å². The van der Waals surface area contributed by atoms with Crippen molar-refractivity contribution in [3.8, 4) is 5.75 Å². The molecule has 26 heavy (non-hydrogen) atoms. The fourth-order valence-electron chi connectivity index (χ4n) is 2.95. The summed E-state index contributed by atoms with van der Waals surface area (Å²) in [5.41, 5.74) is 2.42. The molecule has 0 aliphatic heterocycles. The molecule has 0 unspecified atom stereocenters. The highest BCUT2D eigenvalue weighted by Gasteiger charge is 2.15. The molecule has 3 nitrogen and oxygen atoms in total. The first-order valence-corrected chi connectivity index (χ1v) is 8.58. The Bertz CT molecular complexity index is 952. The van der Waals surface area contributed by atoms with Crippen LogP contribution in [0, 0.1) is 12.7 Å². The van der Waals surface area contributed by atoms with E-state index in [0.717, 1.165) is 27.6 Å². The smallest absolute Gasteiger partial charge is 0.227 e. The Morgan fingerprint density at radius 2 is 1.81 bits per heavy atom. The third-order valence-corrected chi connectivity index (χ3v) is 4.65. The number of hydrogen-bond acceptors (Lipinski definition) is 2. The minimum Gasteiger partial charge on any atom is -0.497 e. The molecule has 0 radical (unpaired) electrons. The molecule has 0 fully saturated rings. The van der Waals surface area contributed by atoms with Gasteiger partial charge < -0.3 is 10.1 Å². The molecule has 0 aromatic heterocycles. The normalized spacial score (nSPS) is 12.0. The van der Waals surface area contributed by atoms with E-state index in [9.17, 15) is 9.18 Å². The van der Waals surface area contributed by atoms with Crippen LogP contribution in [-0.2, 0) is 11.3 Å². The summed E-state index contributed by atoms with van der Waals surface area (Å²) >= 11 is 0. The number of rotatable bonds is 5. The summed E-state index contributed by atoms with van der Waals surface area (Å²) in [6.45, 7) is 3.98. The number of fused-ring (bicyclic) bond motifs is 1. The average Bonchev–Trinajstić information content (AvgIpc) is 2.67. The molecule has 0 saturated heterocycles. The molecule has 1 atom stereocenters. The second-order valence-corrected chi connectivity index (χ2v) is 6.50. The van der Waals surface area contributed by atoms with Crippen molar-refractivity contribution in [1.82, 2.24) is 5.32 Å². The maximum atomic E-state index is 13.3. The Kier molecular flexibility index (Phi) is 5.21. The fraction of sp³-hybridized carbons (Fsp3) is 0.227. The van der Waals surface area contributed by atoms with Crippen LogP contribution in [0.5, 0.6) is 5.75 Å². The number of ether oxygens (including phenoxy) is 1. The van der Waals surface area contributed by atoms with Crippen molar-refractivity contribution < 1.29 is 13.9 Å². The quantitative estimate of drug-likeness (QED) is 0.722. The number of benzene rings is 3. The molecule has 0 saturated carbocycles. The van der Waals surface area contributed by atoms with Gasteiger partial charge in [-0.1, -0.05) is 36.4 Å². The molecule has 134 valence electrons. The van der Waals surface area contributed by atoms with Gasteiger partial charge in [-0.15, -0.1) is 0 Å². The minimum absolute atomic E-state index is 0.0557. The van der Waals surface area contributed by atoms with Gasteiger partial charge in [0.2, 0.25) is 5.91 Å². The maximum absolute atomic E-state index is 13.3. The van der Waals surface area contributed by atoms with Crippen molar-refractivity contribution in [3.63, 3.8) is 0 Å². The van der Waals surface area contributed by atoms with Crippen molar-refractivity contribution in [1.29, 1.82) is 0 Å². The number of carbonyl (C=O) groups is 1.